The van der Waals surface area contributed by atoms with Crippen LogP contribution in [0.5, 0.6) is 0 Å². The van der Waals surface area contributed by atoms with Crippen LogP contribution >= 0.6 is 7.60 Å². The molecule has 1 aliphatic heterocycles. The molecule has 2 heterocycles. The second-order valence-electron chi connectivity index (χ2n) is 9.92. The number of hydrogen-bond acceptors (Lipinski definition) is 10. The molecule has 0 spiro atoms. The van der Waals surface area contributed by atoms with Gasteiger partial charge in [0.1, 0.15) is 17.6 Å². The standard InChI is InChI=1S/C24H35N6O5P.C5H10O2/c1-5-34-36(33,35-6-2)17-20(24(32)30-14-12-25-13-15-30)27-23(31)19-16-21(29(3)4)28-22(26-19)18-10-8-7-9-11-18;1-2-3-4-5(6)7/h7-11,16,20,25H,5-6,12-15,17H2,1-4H3,(H,27,31);2-4H2,1H3,(H,6,7). The highest BCUT2D eigenvalue weighted by atomic mass is 31.2. The third-order valence-corrected chi connectivity index (χ3v) is 8.39. The van der Waals surface area contributed by atoms with Crippen molar-refractivity contribution in [2.75, 3.05) is 64.5 Å². The van der Waals surface area contributed by atoms with E-state index in [4.69, 9.17) is 14.2 Å². The maximum Gasteiger partial charge on any atom is 0.333 e. The summed E-state index contributed by atoms with van der Waals surface area (Å²) in [6, 6.07) is 9.76. The highest BCUT2D eigenvalue weighted by Crippen LogP contribution is 2.48. The Morgan fingerprint density at radius 1 is 1.07 bits per heavy atom. The molecule has 1 unspecified atom stereocenters. The molecule has 2 aromatic rings. The number of piperazine rings is 1. The van der Waals surface area contributed by atoms with Gasteiger partial charge in [0.2, 0.25) is 5.91 Å². The first kappa shape index (κ1) is 35.8. The van der Waals surface area contributed by atoms with Gasteiger partial charge in [-0.15, -0.1) is 0 Å². The third-order valence-electron chi connectivity index (χ3n) is 6.27. The van der Waals surface area contributed by atoms with Crippen molar-refractivity contribution in [3.05, 3.63) is 42.1 Å². The molecule has 0 aliphatic carbocycles. The quantitative estimate of drug-likeness (QED) is 0.266. The minimum Gasteiger partial charge on any atom is -0.481 e. The summed E-state index contributed by atoms with van der Waals surface area (Å²) in [6.45, 7) is 7.92. The Hall–Kier alpha value is -3.38. The lowest BCUT2D eigenvalue weighted by Crippen LogP contribution is -2.55. The summed E-state index contributed by atoms with van der Waals surface area (Å²) in [5, 5.41) is 14.0. The van der Waals surface area contributed by atoms with Crippen LogP contribution in [0.4, 0.5) is 5.82 Å². The lowest BCUT2D eigenvalue weighted by atomic mass is 10.2. The van der Waals surface area contributed by atoms with Gasteiger partial charge in [0.25, 0.3) is 5.91 Å². The first-order chi connectivity index (χ1) is 20.5. The lowest BCUT2D eigenvalue weighted by Gasteiger charge is -2.32. The van der Waals surface area contributed by atoms with Gasteiger partial charge in [0.05, 0.1) is 19.4 Å². The minimum atomic E-state index is -3.63. The van der Waals surface area contributed by atoms with E-state index >= 15 is 0 Å². The van der Waals surface area contributed by atoms with E-state index in [0.29, 0.717) is 44.2 Å². The second-order valence-corrected chi connectivity index (χ2v) is 12.0. The number of aliphatic carboxylic acids is 1. The average molecular weight is 621 g/mol. The number of anilines is 1. The van der Waals surface area contributed by atoms with Gasteiger partial charge in [-0.25, -0.2) is 9.97 Å². The van der Waals surface area contributed by atoms with Gasteiger partial charge in [0, 0.05) is 58.3 Å². The Labute approximate surface area is 253 Å². The summed E-state index contributed by atoms with van der Waals surface area (Å²) < 4.78 is 24.1. The molecule has 0 saturated carbocycles. The number of unbranched alkanes of at least 4 members (excludes halogenated alkanes) is 1. The molecule has 1 aromatic carbocycles. The van der Waals surface area contributed by atoms with Gasteiger partial charge >= 0.3 is 13.6 Å². The Morgan fingerprint density at radius 3 is 2.21 bits per heavy atom. The lowest BCUT2D eigenvalue weighted by molar-refractivity contribution is -0.137. The molecule has 0 radical (unpaired) electrons. The number of rotatable bonds is 14. The molecule has 14 heteroatoms. The van der Waals surface area contributed by atoms with E-state index in [1.807, 2.05) is 51.4 Å². The van der Waals surface area contributed by atoms with Crippen molar-refractivity contribution in [3.8, 4) is 11.4 Å². The number of carbonyl (C=O) groups excluding carboxylic acids is 2. The first-order valence-electron chi connectivity index (χ1n) is 14.6. The highest BCUT2D eigenvalue weighted by Gasteiger charge is 2.36. The zero-order valence-electron chi connectivity index (χ0n) is 25.7. The summed E-state index contributed by atoms with van der Waals surface area (Å²) in [7, 11) is 0.00123. The molecule has 1 aliphatic rings. The van der Waals surface area contributed by atoms with Crippen LogP contribution in [0.1, 0.15) is 50.5 Å². The van der Waals surface area contributed by atoms with Crippen LogP contribution in [0.2, 0.25) is 0 Å². The molecule has 1 atom stereocenters. The Balaban J connectivity index is 0.000000821. The number of hydrogen-bond donors (Lipinski definition) is 3. The fourth-order valence-corrected chi connectivity index (χ4v) is 5.87. The van der Waals surface area contributed by atoms with Crippen LogP contribution in [0.25, 0.3) is 11.4 Å². The van der Waals surface area contributed by atoms with E-state index < -0.39 is 25.5 Å². The molecule has 13 nitrogen and oxygen atoms in total. The van der Waals surface area contributed by atoms with Gasteiger partial charge in [-0.05, 0) is 20.3 Å². The fraction of sp³-hybridized carbons (Fsp3) is 0.552. The highest BCUT2D eigenvalue weighted by molar-refractivity contribution is 7.54. The predicted octanol–water partition coefficient (Wildman–Crippen LogP) is 3.27. The SMILES string of the molecule is CCCCC(=O)O.CCOP(=O)(CC(NC(=O)c1cc(N(C)C)nc(-c2ccccc2)n1)C(=O)N1CCNCC1)OCC. The summed E-state index contributed by atoms with van der Waals surface area (Å²) >= 11 is 0. The van der Waals surface area contributed by atoms with E-state index in [-0.39, 0.29) is 31.0 Å². The number of nitrogens with zero attached hydrogens (tertiary/aromatic N) is 4. The second kappa shape index (κ2) is 18.3. The fourth-order valence-electron chi connectivity index (χ4n) is 4.11. The van der Waals surface area contributed by atoms with E-state index in [1.165, 1.54) is 0 Å². The summed E-state index contributed by atoms with van der Waals surface area (Å²) in [6.07, 6.45) is 1.80. The molecule has 1 saturated heterocycles. The van der Waals surface area contributed by atoms with Crippen LogP contribution in [0.3, 0.4) is 0 Å². The molecular weight excluding hydrogens is 575 g/mol. The smallest absolute Gasteiger partial charge is 0.333 e. The maximum atomic E-state index is 13.4. The van der Waals surface area contributed by atoms with Crippen molar-refractivity contribution < 1.29 is 33.1 Å². The zero-order valence-corrected chi connectivity index (χ0v) is 26.6. The summed E-state index contributed by atoms with van der Waals surface area (Å²) in [5.74, 6) is -0.693. The predicted molar refractivity (Wildman–Crippen MR) is 165 cm³/mol. The number of amides is 2. The van der Waals surface area contributed by atoms with Crippen molar-refractivity contribution in [2.24, 2.45) is 0 Å². The Bertz CT molecular complexity index is 1220. The largest absolute Gasteiger partial charge is 0.481 e. The average Bonchev–Trinajstić information content (AvgIpc) is 3.00. The van der Waals surface area contributed by atoms with Gasteiger partial charge < -0.3 is 34.6 Å². The van der Waals surface area contributed by atoms with Crippen LogP contribution in [-0.4, -0.2) is 103 Å². The molecular formula is C29H45N6O7P. The van der Waals surface area contributed by atoms with Gasteiger partial charge in [-0.1, -0.05) is 43.7 Å². The molecule has 3 N–H and O–H groups in total. The molecule has 43 heavy (non-hydrogen) atoms. The van der Waals surface area contributed by atoms with E-state index in [1.54, 1.807) is 29.7 Å². The van der Waals surface area contributed by atoms with Crippen LogP contribution in [0, 0.1) is 0 Å². The number of benzene rings is 1. The third kappa shape index (κ3) is 12.0. The van der Waals surface area contributed by atoms with Crippen molar-refractivity contribution >= 4 is 31.2 Å². The number of aromatic nitrogens is 2. The van der Waals surface area contributed by atoms with Crippen molar-refractivity contribution in [1.29, 1.82) is 0 Å². The number of nitrogens with one attached hydrogen (secondary N) is 2. The summed E-state index contributed by atoms with van der Waals surface area (Å²) in [4.78, 5) is 49.0. The van der Waals surface area contributed by atoms with Gasteiger partial charge in [-0.2, -0.15) is 0 Å². The Kier molecular flexibility index (Phi) is 15.3. The van der Waals surface area contributed by atoms with E-state index in [2.05, 4.69) is 20.6 Å². The van der Waals surface area contributed by atoms with E-state index in [0.717, 1.165) is 18.4 Å². The normalized spacial score (nSPS) is 13.8. The molecule has 3 rings (SSSR count). The van der Waals surface area contributed by atoms with E-state index in [9.17, 15) is 18.9 Å². The molecule has 2 amide bonds. The molecule has 1 fully saturated rings. The van der Waals surface area contributed by atoms with Crippen LogP contribution < -0.4 is 15.5 Å². The van der Waals surface area contributed by atoms with Crippen molar-refractivity contribution in [3.63, 3.8) is 0 Å². The summed E-state index contributed by atoms with van der Waals surface area (Å²) in [5.41, 5.74) is 0.842. The van der Waals surface area contributed by atoms with Gasteiger partial charge in [-0.3, -0.25) is 18.9 Å². The molecule has 238 valence electrons. The van der Waals surface area contributed by atoms with Crippen molar-refractivity contribution in [2.45, 2.75) is 46.1 Å². The Morgan fingerprint density at radius 2 is 1.70 bits per heavy atom. The number of carbonyl (C=O) groups is 3. The molecule has 1 aromatic heterocycles. The van der Waals surface area contributed by atoms with Gasteiger partial charge in [0.15, 0.2) is 5.82 Å². The maximum absolute atomic E-state index is 13.4. The topological polar surface area (TPSA) is 163 Å². The number of carboxylic acid groups (broad SMARTS) is 1. The zero-order chi connectivity index (χ0) is 31.8. The van der Waals surface area contributed by atoms with Crippen LogP contribution in [0.15, 0.2) is 36.4 Å². The minimum absolute atomic E-state index is 0.0910. The van der Waals surface area contributed by atoms with Crippen LogP contribution in [-0.2, 0) is 23.2 Å². The first-order valence-corrected chi connectivity index (χ1v) is 16.3. The monoisotopic (exact) mass is 620 g/mol. The van der Waals surface area contributed by atoms with Crippen molar-refractivity contribution in [1.82, 2.24) is 25.5 Å². The number of carboxylic acids is 1. The molecule has 0 bridgehead atoms.